The number of anilines is 3. The largest absolute Gasteiger partial charge is 0.493 e. The number of rotatable bonds is 13. The topological polar surface area (TPSA) is 141 Å². The van der Waals surface area contributed by atoms with E-state index in [1.165, 1.54) is 11.1 Å². The molecule has 4 aliphatic heterocycles. The van der Waals surface area contributed by atoms with Crippen LogP contribution in [0.25, 0.3) is 0 Å². The van der Waals surface area contributed by atoms with E-state index in [1.54, 1.807) is 32.2 Å². The normalized spacial score (nSPS) is 17.9. The van der Waals surface area contributed by atoms with E-state index in [4.69, 9.17) is 18.4 Å². The van der Waals surface area contributed by atoms with Crippen molar-refractivity contribution in [2.24, 2.45) is 0 Å². The molecule has 9 rings (SSSR count). The lowest BCUT2D eigenvalue weighted by molar-refractivity contribution is -0.116. The molecule has 0 aromatic heterocycles. The number of carbonyl (C=O) groups is 3. The van der Waals surface area contributed by atoms with Crippen LogP contribution in [0.5, 0.6) is 17.2 Å². The second-order valence-corrected chi connectivity index (χ2v) is 18.8. The second kappa shape index (κ2) is 17.2. The molecule has 3 atom stereocenters. The molecule has 1 N–H and O–H groups in total. The van der Waals surface area contributed by atoms with Crippen LogP contribution in [0.1, 0.15) is 92.3 Å². The highest BCUT2D eigenvalue weighted by atomic mass is 32.2. The number of aryl methyl sites for hydroxylation is 3. The van der Waals surface area contributed by atoms with Gasteiger partial charge in [-0.15, -0.1) is 0 Å². The lowest BCUT2D eigenvalue weighted by atomic mass is 9.98. The number of para-hydroxylation sites is 2. The van der Waals surface area contributed by atoms with Crippen LogP contribution in [0.3, 0.4) is 0 Å². The Morgan fingerprint density at radius 3 is 1.81 bits per heavy atom. The Labute approximate surface area is 368 Å². The number of amides is 3. The van der Waals surface area contributed by atoms with E-state index >= 15 is 0 Å². The van der Waals surface area contributed by atoms with Crippen molar-refractivity contribution in [3.63, 3.8) is 0 Å². The minimum Gasteiger partial charge on any atom is -0.493 e. The Hall–Kier alpha value is -6.18. The average Bonchev–Trinajstić information content (AvgIpc) is 3.78. The van der Waals surface area contributed by atoms with Crippen LogP contribution < -0.4 is 29.3 Å². The van der Waals surface area contributed by atoms with E-state index in [-0.39, 0.29) is 43.5 Å². The zero-order valence-electron chi connectivity index (χ0n) is 35.9. The van der Waals surface area contributed by atoms with Crippen LogP contribution in [0.2, 0.25) is 0 Å². The van der Waals surface area contributed by atoms with Gasteiger partial charge >= 0.3 is 0 Å². The van der Waals surface area contributed by atoms with Crippen LogP contribution in [-0.2, 0) is 58.0 Å². The zero-order chi connectivity index (χ0) is 44.0. The predicted molar refractivity (Wildman–Crippen MR) is 241 cm³/mol. The molecule has 3 amide bonds. The molecule has 5 aromatic rings. The molecular weight excluding hydrogens is 819 g/mol. The molecule has 1 unspecified atom stereocenters. The summed E-state index contributed by atoms with van der Waals surface area (Å²) in [4.78, 5) is 45.5. The number of carbonyl (C=O) groups excluding carboxylic acids is 3. The van der Waals surface area contributed by atoms with E-state index in [0.717, 1.165) is 67.3 Å². The van der Waals surface area contributed by atoms with E-state index in [0.29, 0.717) is 58.0 Å². The first kappa shape index (κ1) is 42.1. The molecule has 4 heterocycles. The van der Waals surface area contributed by atoms with Gasteiger partial charge in [0, 0.05) is 40.3 Å². The van der Waals surface area contributed by atoms with Gasteiger partial charge in [0.1, 0.15) is 19.0 Å². The van der Waals surface area contributed by atoms with Gasteiger partial charge in [-0.05, 0) is 145 Å². The summed E-state index contributed by atoms with van der Waals surface area (Å²) >= 11 is 0. The SMILES string of the molecule is CCCC(C(=O)Nc1cc(COc2cc3c(cc2C)C(=O)N2c4ccccc4C[C@H]2CC3)cc(COc2cc3c(cc2OC)C(=O)N2c4ccccc4C[C@H]2CC3)c1)S(=O)(=O)OC. The molecule has 0 fully saturated rings. The van der Waals surface area contributed by atoms with Gasteiger partial charge in [0.25, 0.3) is 21.9 Å². The molecule has 326 valence electrons. The van der Waals surface area contributed by atoms with Gasteiger partial charge in [-0.1, -0.05) is 49.7 Å². The molecule has 0 radical (unpaired) electrons. The number of hydrogen-bond acceptors (Lipinski definition) is 9. The first-order valence-electron chi connectivity index (χ1n) is 21.6. The first-order valence-corrected chi connectivity index (χ1v) is 23.1. The summed E-state index contributed by atoms with van der Waals surface area (Å²) in [6.45, 7) is 3.88. The highest BCUT2D eigenvalue weighted by Gasteiger charge is 2.39. The Bertz CT molecular complexity index is 2750. The third-order valence-electron chi connectivity index (χ3n) is 12.9. The summed E-state index contributed by atoms with van der Waals surface area (Å²) in [5.41, 5.74) is 9.90. The maximum atomic E-state index is 14.1. The minimum absolute atomic E-state index is 0.000808. The fraction of sp³-hybridized carbons (Fsp3) is 0.340. The third kappa shape index (κ3) is 8.04. The molecule has 0 bridgehead atoms. The van der Waals surface area contributed by atoms with Crippen LogP contribution in [-0.4, -0.2) is 57.7 Å². The number of nitrogens with zero attached hydrogens (tertiary/aromatic N) is 2. The van der Waals surface area contributed by atoms with E-state index in [1.807, 2.05) is 77.4 Å². The van der Waals surface area contributed by atoms with Crippen LogP contribution >= 0.6 is 0 Å². The van der Waals surface area contributed by atoms with Gasteiger partial charge in [0.2, 0.25) is 5.91 Å². The predicted octanol–water partition coefficient (Wildman–Crippen LogP) is 8.28. The number of ether oxygens (including phenoxy) is 3. The maximum absolute atomic E-state index is 14.1. The molecule has 5 aromatic carbocycles. The molecule has 0 spiro atoms. The first-order chi connectivity index (χ1) is 30.5. The van der Waals surface area contributed by atoms with Gasteiger partial charge in [-0.3, -0.25) is 18.6 Å². The maximum Gasteiger partial charge on any atom is 0.279 e. The lowest BCUT2D eigenvalue weighted by Crippen LogP contribution is -2.36. The Morgan fingerprint density at radius 2 is 1.25 bits per heavy atom. The highest BCUT2D eigenvalue weighted by Crippen LogP contribution is 2.42. The van der Waals surface area contributed by atoms with Crippen molar-refractivity contribution in [1.29, 1.82) is 0 Å². The summed E-state index contributed by atoms with van der Waals surface area (Å²) in [5.74, 6) is 0.745. The Morgan fingerprint density at radius 1 is 0.714 bits per heavy atom. The number of nitrogens with one attached hydrogen (secondary N) is 1. The molecular formula is C50H51N3O9S. The van der Waals surface area contributed by atoms with Crippen LogP contribution in [0, 0.1) is 6.92 Å². The smallest absolute Gasteiger partial charge is 0.279 e. The monoisotopic (exact) mass is 869 g/mol. The molecule has 0 saturated carbocycles. The quantitative estimate of drug-likeness (QED) is 0.116. The lowest BCUT2D eigenvalue weighted by Gasteiger charge is -2.23. The second-order valence-electron chi connectivity index (χ2n) is 16.9. The number of benzene rings is 5. The number of hydrogen-bond donors (Lipinski definition) is 1. The van der Waals surface area contributed by atoms with Crippen molar-refractivity contribution in [3.05, 3.63) is 141 Å². The molecule has 0 saturated heterocycles. The molecule has 13 heteroatoms. The molecule has 12 nitrogen and oxygen atoms in total. The van der Waals surface area contributed by atoms with Gasteiger partial charge in [0.15, 0.2) is 16.7 Å². The van der Waals surface area contributed by atoms with Crippen molar-refractivity contribution in [1.82, 2.24) is 0 Å². The Kier molecular flexibility index (Phi) is 11.5. The fourth-order valence-electron chi connectivity index (χ4n) is 9.74. The van der Waals surface area contributed by atoms with Crippen LogP contribution in [0.4, 0.5) is 17.1 Å². The molecule has 63 heavy (non-hydrogen) atoms. The van der Waals surface area contributed by atoms with Crippen molar-refractivity contribution in [2.75, 3.05) is 29.3 Å². The van der Waals surface area contributed by atoms with E-state index < -0.39 is 21.3 Å². The minimum atomic E-state index is -4.16. The fourth-order valence-corrected chi connectivity index (χ4v) is 10.8. The standard InChI is InChI=1S/C50H51N3O9S/c1-5-10-47(63(57,58)60-4)48(54)51-37-21-31(28-61-44-25-33-15-17-38-23-35-11-6-8-13-42(35)52(38)49(55)40(33)19-30(44)2)20-32(22-37)29-62-46-26-34-16-18-39-24-36-12-7-9-14-43(36)53(39)50(56)41(34)27-45(46)59-3/h6-9,11-14,19-22,25-27,38-39,47H,5,10,15-18,23-24,28-29H2,1-4H3,(H,51,54)/t38-,39-,47?/m1/s1. The molecule has 0 aliphatic carbocycles. The van der Waals surface area contributed by atoms with Crippen molar-refractivity contribution < 1.29 is 41.2 Å². The van der Waals surface area contributed by atoms with Gasteiger partial charge in [-0.25, -0.2) is 0 Å². The summed E-state index contributed by atoms with van der Waals surface area (Å²) < 4.78 is 49.1. The summed E-state index contributed by atoms with van der Waals surface area (Å²) in [6, 6.07) is 29.3. The van der Waals surface area contributed by atoms with Crippen LogP contribution in [0.15, 0.2) is 91.0 Å². The molecule has 4 aliphatic rings. The Balaban J connectivity index is 0.982. The number of methoxy groups -OCH3 is 1. The van der Waals surface area contributed by atoms with Crippen molar-refractivity contribution in [2.45, 2.75) is 95.8 Å². The summed E-state index contributed by atoms with van der Waals surface area (Å²) in [6.07, 6.45) is 5.22. The van der Waals surface area contributed by atoms with Gasteiger partial charge in [-0.2, -0.15) is 8.42 Å². The summed E-state index contributed by atoms with van der Waals surface area (Å²) in [5, 5.41) is 1.41. The van der Waals surface area contributed by atoms with Crippen molar-refractivity contribution in [3.8, 4) is 17.2 Å². The highest BCUT2D eigenvalue weighted by molar-refractivity contribution is 7.88. The third-order valence-corrected chi connectivity index (χ3v) is 14.5. The van der Waals surface area contributed by atoms with Gasteiger partial charge in [0.05, 0.1) is 14.2 Å². The van der Waals surface area contributed by atoms with E-state index in [2.05, 4.69) is 17.4 Å². The van der Waals surface area contributed by atoms with Gasteiger partial charge < -0.3 is 29.3 Å². The van der Waals surface area contributed by atoms with Crippen molar-refractivity contribution >= 4 is 44.9 Å². The zero-order valence-corrected chi connectivity index (χ0v) is 36.8. The average molecular weight is 870 g/mol. The van der Waals surface area contributed by atoms with E-state index in [9.17, 15) is 22.8 Å². The summed E-state index contributed by atoms with van der Waals surface area (Å²) in [7, 11) is -1.57. The number of fused-ring (bicyclic) bond motifs is 8.